The fourth-order valence-electron chi connectivity index (χ4n) is 1.78. The fourth-order valence-corrected chi connectivity index (χ4v) is 3.08. The van der Waals surface area contributed by atoms with Crippen molar-refractivity contribution in [2.45, 2.75) is 23.8 Å². The normalized spacial score (nSPS) is 10.7. The van der Waals surface area contributed by atoms with Crippen LogP contribution in [0.3, 0.4) is 0 Å². The van der Waals surface area contributed by atoms with E-state index >= 15 is 0 Å². The van der Waals surface area contributed by atoms with Crippen LogP contribution in [0.1, 0.15) is 13.8 Å². The topological polar surface area (TPSA) is 38.1 Å². The molecule has 1 aromatic carbocycles. The van der Waals surface area contributed by atoms with Gasteiger partial charge in [0.1, 0.15) is 5.03 Å². The molecule has 0 aliphatic rings. The van der Waals surface area contributed by atoms with Crippen molar-refractivity contribution in [1.82, 2.24) is 14.7 Å². The fraction of sp³-hybridized carbons (Fsp3) is 0.286. The van der Waals surface area contributed by atoms with Crippen molar-refractivity contribution in [3.8, 4) is 0 Å². The van der Waals surface area contributed by atoms with Crippen molar-refractivity contribution in [2.75, 3.05) is 13.1 Å². The van der Waals surface area contributed by atoms with Gasteiger partial charge in [0, 0.05) is 24.2 Å². The summed E-state index contributed by atoms with van der Waals surface area (Å²) in [5.74, 6) is 0. The average Bonchev–Trinajstić information content (AvgIpc) is 2.93. The van der Waals surface area contributed by atoms with E-state index in [4.69, 9.17) is 23.2 Å². The van der Waals surface area contributed by atoms with E-state index in [9.17, 15) is 4.79 Å². The summed E-state index contributed by atoms with van der Waals surface area (Å²) in [6.45, 7) is 5.17. The van der Waals surface area contributed by atoms with E-state index in [2.05, 4.69) is 5.10 Å². The van der Waals surface area contributed by atoms with Crippen molar-refractivity contribution < 1.29 is 4.79 Å². The average molecular weight is 344 g/mol. The maximum Gasteiger partial charge on any atom is 0.344 e. The maximum atomic E-state index is 12.2. The molecule has 21 heavy (non-hydrogen) atoms. The minimum Gasteiger partial charge on any atom is -0.323 e. The Morgan fingerprint density at radius 2 is 2.00 bits per heavy atom. The zero-order valence-electron chi connectivity index (χ0n) is 11.7. The molecule has 0 bridgehead atoms. The molecule has 0 unspecified atom stereocenters. The highest BCUT2D eigenvalue weighted by molar-refractivity contribution is 7.99. The molecule has 1 heterocycles. The highest BCUT2D eigenvalue weighted by Crippen LogP contribution is 2.36. The molecule has 0 saturated heterocycles. The van der Waals surface area contributed by atoms with Crippen LogP contribution in [-0.2, 0) is 0 Å². The summed E-state index contributed by atoms with van der Waals surface area (Å²) in [6, 6.07) is 7.07. The van der Waals surface area contributed by atoms with Gasteiger partial charge < -0.3 is 4.90 Å². The summed E-state index contributed by atoms with van der Waals surface area (Å²) in [4.78, 5) is 14.7. The van der Waals surface area contributed by atoms with Gasteiger partial charge in [0.05, 0.1) is 10.0 Å². The van der Waals surface area contributed by atoms with Crippen molar-refractivity contribution in [1.29, 1.82) is 0 Å². The van der Waals surface area contributed by atoms with E-state index in [1.54, 1.807) is 23.2 Å². The number of carbonyl (C=O) groups excluding carboxylic acids is 1. The quantitative estimate of drug-likeness (QED) is 0.810. The van der Waals surface area contributed by atoms with Gasteiger partial charge in [-0.15, -0.1) is 0 Å². The number of hydrogen-bond donors (Lipinski definition) is 0. The number of nitrogens with zero attached hydrogens (tertiary/aromatic N) is 3. The molecular weight excluding hydrogens is 329 g/mol. The van der Waals surface area contributed by atoms with E-state index in [-0.39, 0.29) is 6.03 Å². The third kappa shape index (κ3) is 3.73. The van der Waals surface area contributed by atoms with Gasteiger partial charge in [-0.1, -0.05) is 41.0 Å². The van der Waals surface area contributed by atoms with E-state index < -0.39 is 0 Å². The molecule has 0 radical (unpaired) electrons. The molecule has 1 aromatic heterocycles. The first-order valence-corrected chi connectivity index (χ1v) is 8.10. The highest BCUT2D eigenvalue weighted by Gasteiger charge is 2.14. The second-order valence-electron chi connectivity index (χ2n) is 4.21. The minimum absolute atomic E-state index is 0.135. The molecule has 0 N–H and O–H groups in total. The largest absolute Gasteiger partial charge is 0.344 e. The van der Waals surface area contributed by atoms with E-state index in [0.29, 0.717) is 28.2 Å². The SMILES string of the molecule is CCN(CC)C(=O)n1ccc(Sc2cccc(Cl)c2Cl)n1. The molecular formula is C14H15Cl2N3OS. The van der Waals surface area contributed by atoms with E-state index in [1.807, 2.05) is 26.0 Å². The predicted octanol–water partition coefficient (Wildman–Crippen LogP) is 4.65. The van der Waals surface area contributed by atoms with Crippen LogP contribution in [0.5, 0.6) is 0 Å². The lowest BCUT2D eigenvalue weighted by molar-refractivity contribution is 0.201. The molecule has 0 saturated carbocycles. The Balaban J connectivity index is 2.17. The molecule has 4 nitrogen and oxygen atoms in total. The summed E-state index contributed by atoms with van der Waals surface area (Å²) in [5, 5.41) is 5.97. The highest BCUT2D eigenvalue weighted by atomic mass is 35.5. The summed E-state index contributed by atoms with van der Waals surface area (Å²) >= 11 is 13.5. The van der Waals surface area contributed by atoms with Crippen LogP contribution in [0.15, 0.2) is 40.4 Å². The first-order chi connectivity index (χ1) is 10.1. The number of rotatable bonds is 4. The Bertz CT molecular complexity index is 641. The number of amides is 1. The van der Waals surface area contributed by atoms with Gasteiger partial charge in [-0.05, 0) is 32.0 Å². The standard InChI is InChI=1S/C14H15Cl2N3OS/c1-3-18(4-2)14(20)19-9-8-12(17-19)21-11-7-5-6-10(15)13(11)16/h5-9H,3-4H2,1-2H3. The molecule has 112 valence electrons. The van der Waals surface area contributed by atoms with Crippen molar-refractivity contribution in [3.63, 3.8) is 0 Å². The van der Waals surface area contributed by atoms with Gasteiger partial charge in [0.2, 0.25) is 0 Å². The summed E-state index contributed by atoms with van der Waals surface area (Å²) in [6.07, 6.45) is 1.65. The van der Waals surface area contributed by atoms with E-state index in [1.165, 1.54) is 16.4 Å². The number of hydrogen-bond acceptors (Lipinski definition) is 3. The smallest absolute Gasteiger partial charge is 0.323 e. The number of carbonyl (C=O) groups is 1. The van der Waals surface area contributed by atoms with Crippen LogP contribution in [0.25, 0.3) is 0 Å². The third-order valence-electron chi connectivity index (χ3n) is 2.93. The van der Waals surface area contributed by atoms with Crippen LogP contribution < -0.4 is 0 Å². The molecule has 0 atom stereocenters. The van der Waals surface area contributed by atoms with Crippen molar-refractivity contribution >= 4 is 41.0 Å². The first-order valence-electron chi connectivity index (χ1n) is 6.53. The lowest BCUT2D eigenvalue weighted by atomic mass is 10.4. The Morgan fingerprint density at radius 1 is 1.29 bits per heavy atom. The predicted molar refractivity (Wildman–Crippen MR) is 86.5 cm³/mol. The minimum atomic E-state index is -0.135. The Kier molecular flexibility index (Phi) is 5.56. The van der Waals surface area contributed by atoms with Gasteiger partial charge in [-0.25, -0.2) is 4.79 Å². The molecule has 0 spiro atoms. The summed E-state index contributed by atoms with van der Waals surface area (Å²) in [5.41, 5.74) is 0. The first kappa shape index (κ1) is 16.2. The summed E-state index contributed by atoms with van der Waals surface area (Å²) < 4.78 is 1.34. The van der Waals surface area contributed by atoms with Gasteiger partial charge in [-0.2, -0.15) is 9.78 Å². The zero-order valence-corrected chi connectivity index (χ0v) is 14.0. The molecule has 2 aromatic rings. The number of halogens is 2. The molecule has 0 aliphatic heterocycles. The van der Waals surface area contributed by atoms with Crippen LogP contribution in [0, 0.1) is 0 Å². The monoisotopic (exact) mass is 343 g/mol. The second-order valence-corrected chi connectivity index (χ2v) is 6.05. The molecule has 2 rings (SSSR count). The van der Waals surface area contributed by atoms with Crippen LogP contribution >= 0.6 is 35.0 Å². The number of aromatic nitrogens is 2. The van der Waals surface area contributed by atoms with Crippen molar-refractivity contribution in [2.24, 2.45) is 0 Å². The molecule has 0 aliphatic carbocycles. The second kappa shape index (κ2) is 7.20. The Hall–Kier alpha value is -1.17. The maximum absolute atomic E-state index is 12.2. The van der Waals surface area contributed by atoms with Gasteiger partial charge in [0.15, 0.2) is 0 Å². The molecule has 7 heteroatoms. The van der Waals surface area contributed by atoms with Crippen molar-refractivity contribution in [3.05, 3.63) is 40.5 Å². The van der Waals surface area contributed by atoms with Crippen LogP contribution in [-0.4, -0.2) is 33.8 Å². The Morgan fingerprint density at radius 3 is 2.67 bits per heavy atom. The molecule has 1 amide bonds. The number of benzene rings is 1. The zero-order chi connectivity index (χ0) is 15.4. The summed E-state index contributed by atoms with van der Waals surface area (Å²) in [7, 11) is 0. The van der Waals surface area contributed by atoms with E-state index in [0.717, 1.165) is 4.90 Å². The molecule has 0 fully saturated rings. The van der Waals surface area contributed by atoms with Gasteiger partial charge in [-0.3, -0.25) is 0 Å². The lowest BCUT2D eigenvalue weighted by Gasteiger charge is -2.17. The third-order valence-corrected chi connectivity index (χ3v) is 4.84. The van der Waals surface area contributed by atoms with Gasteiger partial charge in [0.25, 0.3) is 0 Å². The van der Waals surface area contributed by atoms with Crippen LogP contribution in [0.2, 0.25) is 10.0 Å². The van der Waals surface area contributed by atoms with Gasteiger partial charge >= 0.3 is 6.03 Å². The lowest BCUT2D eigenvalue weighted by Crippen LogP contribution is -2.34. The Labute approximate surface area is 138 Å². The van der Waals surface area contributed by atoms with Crippen LogP contribution in [0.4, 0.5) is 4.79 Å².